The van der Waals surface area contributed by atoms with Crippen LogP contribution < -0.4 is 5.32 Å². The maximum atomic E-state index is 13.6. The molecule has 2 aliphatic carbocycles. The van der Waals surface area contributed by atoms with E-state index < -0.39 is 0 Å². The lowest BCUT2D eigenvalue weighted by atomic mass is 9.80. The van der Waals surface area contributed by atoms with Crippen molar-refractivity contribution in [3.63, 3.8) is 0 Å². The number of carbonyl (C=O) groups is 1. The number of aromatic nitrogens is 1. The molecule has 0 bridgehead atoms. The molecule has 2 saturated carbocycles. The maximum absolute atomic E-state index is 13.6. The van der Waals surface area contributed by atoms with Crippen molar-refractivity contribution in [2.75, 3.05) is 5.32 Å². The van der Waals surface area contributed by atoms with Crippen LogP contribution in [-0.2, 0) is 0 Å². The second-order valence-corrected chi connectivity index (χ2v) is 8.91. The summed E-state index contributed by atoms with van der Waals surface area (Å²) in [7, 11) is 0. The molecule has 1 aromatic carbocycles. The van der Waals surface area contributed by atoms with Crippen molar-refractivity contribution in [1.29, 1.82) is 0 Å². The fourth-order valence-corrected chi connectivity index (χ4v) is 5.26. The molecule has 150 valence electrons. The highest BCUT2D eigenvalue weighted by atomic mass is 16.2. The van der Waals surface area contributed by atoms with Crippen molar-refractivity contribution in [1.82, 2.24) is 9.88 Å². The molecule has 4 nitrogen and oxygen atoms in total. The van der Waals surface area contributed by atoms with Crippen molar-refractivity contribution in [3.8, 4) is 0 Å². The number of nitrogens with zero attached hydrogens (tertiary/aromatic N) is 2. The van der Waals surface area contributed by atoms with Gasteiger partial charge in [-0.25, -0.2) is 4.79 Å². The molecule has 28 heavy (non-hydrogen) atoms. The van der Waals surface area contributed by atoms with Crippen molar-refractivity contribution < 1.29 is 4.79 Å². The summed E-state index contributed by atoms with van der Waals surface area (Å²) in [6.07, 6.45) is 15.2. The fourth-order valence-electron chi connectivity index (χ4n) is 5.26. The van der Waals surface area contributed by atoms with Gasteiger partial charge in [0.25, 0.3) is 0 Å². The molecule has 2 aromatic rings. The van der Waals surface area contributed by atoms with Crippen LogP contribution in [0.25, 0.3) is 10.9 Å². The van der Waals surface area contributed by atoms with Crippen LogP contribution in [0.3, 0.4) is 0 Å². The second kappa shape index (κ2) is 8.50. The van der Waals surface area contributed by atoms with E-state index in [0.29, 0.717) is 6.04 Å². The standard InChI is InChI=1S/C24H33N3O/c1-24(15-7-4-8-16-24)27(21-11-5-2-3-6-12-21)23(28)26-20-13-14-22-19(18-20)10-9-17-25-22/h9-10,13-14,17-18,21H,2-8,11-12,15-16H2,1H3,(H,26,28). The van der Waals surface area contributed by atoms with Gasteiger partial charge in [0.15, 0.2) is 0 Å². The predicted octanol–water partition coefficient (Wildman–Crippen LogP) is 6.51. The maximum Gasteiger partial charge on any atom is 0.322 e. The summed E-state index contributed by atoms with van der Waals surface area (Å²) in [5.74, 6) is 0. The number of urea groups is 1. The molecule has 1 N–H and O–H groups in total. The highest BCUT2D eigenvalue weighted by Gasteiger charge is 2.40. The van der Waals surface area contributed by atoms with Crippen molar-refractivity contribution in [2.45, 2.75) is 89.1 Å². The van der Waals surface area contributed by atoms with E-state index in [0.717, 1.165) is 42.3 Å². The molecule has 0 unspecified atom stereocenters. The highest BCUT2D eigenvalue weighted by Crippen LogP contribution is 2.38. The lowest BCUT2D eigenvalue weighted by Crippen LogP contribution is -2.57. The lowest BCUT2D eigenvalue weighted by Gasteiger charge is -2.48. The molecule has 4 heteroatoms. The van der Waals surface area contributed by atoms with Gasteiger partial charge in [-0.15, -0.1) is 0 Å². The largest absolute Gasteiger partial charge is 0.322 e. The first-order valence-electron chi connectivity index (χ1n) is 11.1. The molecule has 0 aliphatic heterocycles. The van der Waals surface area contributed by atoms with Crippen LogP contribution in [0.2, 0.25) is 0 Å². The van der Waals surface area contributed by atoms with Crippen LogP contribution in [0.15, 0.2) is 36.5 Å². The zero-order valence-electron chi connectivity index (χ0n) is 17.1. The van der Waals surface area contributed by atoms with Crippen LogP contribution in [0.5, 0.6) is 0 Å². The summed E-state index contributed by atoms with van der Waals surface area (Å²) >= 11 is 0. The topological polar surface area (TPSA) is 45.2 Å². The normalized spacial score (nSPS) is 20.5. The third-order valence-electron chi connectivity index (χ3n) is 6.78. The molecule has 1 aromatic heterocycles. The third kappa shape index (κ3) is 4.16. The summed E-state index contributed by atoms with van der Waals surface area (Å²) in [6.45, 7) is 2.32. The first-order chi connectivity index (χ1) is 13.7. The van der Waals surface area contributed by atoms with E-state index in [1.807, 2.05) is 30.3 Å². The Labute approximate surface area is 168 Å². The van der Waals surface area contributed by atoms with E-state index in [-0.39, 0.29) is 11.6 Å². The minimum Gasteiger partial charge on any atom is -0.316 e. The molecule has 2 amide bonds. The van der Waals surface area contributed by atoms with E-state index in [2.05, 4.69) is 22.1 Å². The van der Waals surface area contributed by atoms with Crippen molar-refractivity contribution in [3.05, 3.63) is 36.5 Å². The van der Waals surface area contributed by atoms with Crippen molar-refractivity contribution in [2.24, 2.45) is 0 Å². The van der Waals surface area contributed by atoms with Gasteiger partial charge in [0, 0.05) is 28.9 Å². The summed E-state index contributed by atoms with van der Waals surface area (Å²) in [6, 6.07) is 10.4. The number of hydrogen-bond donors (Lipinski definition) is 1. The Kier molecular flexibility index (Phi) is 5.84. The van der Waals surface area contributed by atoms with Crippen LogP contribution in [0.4, 0.5) is 10.5 Å². The van der Waals surface area contributed by atoms with E-state index in [1.54, 1.807) is 6.20 Å². The Morgan fingerprint density at radius 1 is 1.04 bits per heavy atom. The fraction of sp³-hybridized carbons (Fsp3) is 0.583. The first-order valence-corrected chi connectivity index (χ1v) is 11.1. The van der Waals surface area contributed by atoms with E-state index in [9.17, 15) is 4.79 Å². The zero-order chi connectivity index (χ0) is 19.4. The van der Waals surface area contributed by atoms with Crippen LogP contribution in [0, 0.1) is 0 Å². The molecule has 0 saturated heterocycles. The SMILES string of the molecule is CC1(N(C(=O)Nc2ccc3ncccc3c2)C2CCCCCC2)CCCCC1. The summed E-state index contributed by atoms with van der Waals surface area (Å²) in [5.41, 5.74) is 1.80. The van der Waals surface area contributed by atoms with Crippen molar-refractivity contribution >= 4 is 22.6 Å². The Bertz CT molecular complexity index is 804. The van der Waals surface area contributed by atoms with Gasteiger partial charge in [0.1, 0.15) is 0 Å². The van der Waals surface area contributed by atoms with Gasteiger partial charge in [-0.3, -0.25) is 4.98 Å². The Morgan fingerprint density at radius 2 is 1.75 bits per heavy atom. The van der Waals surface area contributed by atoms with Crippen LogP contribution >= 0.6 is 0 Å². The number of benzene rings is 1. The summed E-state index contributed by atoms with van der Waals surface area (Å²) in [4.78, 5) is 20.2. The van der Waals surface area contributed by atoms with E-state index in [1.165, 1.54) is 44.9 Å². The zero-order valence-corrected chi connectivity index (χ0v) is 17.1. The van der Waals surface area contributed by atoms with Gasteiger partial charge < -0.3 is 10.2 Å². The predicted molar refractivity (Wildman–Crippen MR) is 116 cm³/mol. The summed E-state index contributed by atoms with van der Waals surface area (Å²) in [5, 5.41) is 4.29. The quantitative estimate of drug-likeness (QED) is 0.617. The smallest absolute Gasteiger partial charge is 0.316 e. The van der Waals surface area contributed by atoms with Gasteiger partial charge in [0.2, 0.25) is 0 Å². The first kappa shape index (κ1) is 19.2. The van der Waals surface area contributed by atoms with Crippen LogP contribution in [-0.4, -0.2) is 27.5 Å². The number of carbonyl (C=O) groups excluding carboxylic acids is 1. The molecule has 2 aliphatic rings. The number of fused-ring (bicyclic) bond motifs is 1. The van der Waals surface area contributed by atoms with Gasteiger partial charge in [-0.2, -0.15) is 0 Å². The minimum absolute atomic E-state index is 0.0181. The van der Waals surface area contributed by atoms with E-state index in [4.69, 9.17) is 0 Å². The number of pyridine rings is 1. The third-order valence-corrected chi connectivity index (χ3v) is 6.78. The number of nitrogens with one attached hydrogen (secondary N) is 1. The number of hydrogen-bond acceptors (Lipinski definition) is 2. The van der Waals surface area contributed by atoms with Gasteiger partial charge >= 0.3 is 6.03 Å². The molecule has 4 rings (SSSR count). The van der Waals surface area contributed by atoms with Gasteiger partial charge in [0.05, 0.1) is 5.52 Å². The molecule has 0 radical (unpaired) electrons. The molecular weight excluding hydrogens is 346 g/mol. The van der Waals surface area contributed by atoms with Crippen LogP contribution in [0.1, 0.15) is 77.6 Å². The lowest BCUT2D eigenvalue weighted by molar-refractivity contribution is 0.0596. The van der Waals surface area contributed by atoms with Gasteiger partial charge in [-0.1, -0.05) is 51.0 Å². The monoisotopic (exact) mass is 379 g/mol. The number of rotatable bonds is 3. The Balaban J connectivity index is 1.59. The van der Waals surface area contributed by atoms with Gasteiger partial charge in [-0.05, 0) is 56.9 Å². The molecular formula is C24H33N3O. The molecule has 0 spiro atoms. The number of anilines is 1. The molecule has 0 atom stereocenters. The molecule has 2 fully saturated rings. The summed E-state index contributed by atoms with van der Waals surface area (Å²) < 4.78 is 0. The molecule has 1 heterocycles. The van der Waals surface area contributed by atoms with E-state index >= 15 is 0 Å². The average molecular weight is 380 g/mol. The second-order valence-electron chi connectivity index (χ2n) is 8.91. The Morgan fingerprint density at radius 3 is 2.50 bits per heavy atom. The Hall–Kier alpha value is -2.10. The average Bonchev–Trinajstić information content (AvgIpc) is 2.97. The highest BCUT2D eigenvalue weighted by molar-refractivity contribution is 5.93. The minimum atomic E-state index is -0.0181. The number of amides is 2.